The number of hydrogen-bond donors (Lipinski definition) is 2. The van der Waals surface area contributed by atoms with Gasteiger partial charge in [0.2, 0.25) is 5.91 Å². The van der Waals surface area contributed by atoms with Crippen LogP contribution in [-0.4, -0.2) is 49.1 Å². The van der Waals surface area contributed by atoms with Gasteiger partial charge in [-0.15, -0.1) is 0 Å². The van der Waals surface area contributed by atoms with E-state index >= 15 is 0 Å². The average molecular weight is 528 g/mol. The lowest BCUT2D eigenvalue weighted by Gasteiger charge is -2.37. The largest absolute Gasteiger partial charge is 0.353 e. The van der Waals surface area contributed by atoms with Crippen LogP contribution in [0.15, 0.2) is 48.5 Å². The summed E-state index contributed by atoms with van der Waals surface area (Å²) < 4.78 is 0. The average Bonchev–Trinajstić information content (AvgIpc) is 3.45. The van der Waals surface area contributed by atoms with Gasteiger partial charge < -0.3 is 15.5 Å². The third-order valence-corrected chi connectivity index (χ3v) is 7.98. The number of halogens is 2. The quantitative estimate of drug-likeness (QED) is 0.497. The predicted molar refractivity (Wildman–Crippen MR) is 146 cm³/mol. The minimum Gasteiger partial charge on any atom is -0.353 e. The van der Waals surface area contributed by atoms with E-state index in [1.165, 1.54) is 12.8 Å². The Hall–Kier alpha value is -2.10. The van der Waals surface area contributed by atoms with E-state index in [4.69, 9.17) is 23.2 Å². The molecule has 2 N–H and O–H groups in total. The number of carbonyl (C=O) groups excluding carboxylic acids is 1. The zero-order valence-corrected chi connectivity index (χ0v) is 22.9. The molecule has 2 saturated heterocycles. The molecule has 2 aromatic carbocycles. The van der Waals surface area contributed by atoms with Crippen LogP contribution < -0.4 is 10.6 Å². The summed E-state index contributed by atoms with van der Waals surface area (Å²) in [5, 5.41) is 18.9. The second kappa shape index (κ2) is 11.1. The summed E-state index contributed by atoms with van der Waals surface area (Å²) in [5.41, 5.74) is 0.683. The Bertz CT molecular complexity index is 1100. The van der Waals surface area contributed by atoms with Crippen LogP contribution >= 0.6 is 23.2 Å². The monoisotopic (exact) mass is 526 g/mol. The van der Waals surface area contributed by atoms with E-state index in [-0.39, 0.29) is 17.4 Å². The molecule has 0 bridgehead atoms. The van der Waals surface area contributed by atoms with E-state index < -0.39 is 17.4 Å². The molecular weight excluding hydrogens is 491 g/mol. The summed E-state index contributed by atoms with van der Waals surface area (Å²) in [5.74, 6) is -0.509. The summed E-state index contributed by atoms with van der Waals surface area (Å²) in [6.45, 7) is 10.1. The van der Waals surface area contributed by atoms with Crippen molar-refractivity contribution in [3.63, 3.8) is 0 Å². The van der Waals surface area contributed by atoms with Gasteiger partial charge in [-0.25, -0.2) is 0 Å². The first-order valence-electron chi connectivity index (χ1n) is 12.8. The molecule has 2 aliphatic rings. The summed E-state index contributed by atoms with van der Waals surface area (Å²) in [6, 6.07) is 16.9. The van der Waals surface area contributed by atoms with Gasteiger partial charge in [-0.3, -0.25) is 4.79 Å². The molecule has 2 fully saturated rings. The van der Waals surface area contributed by atoms with Crippen LogP contribution in [-0.2, 0) is 10.2 Å². The fourth-order valence-corrected chi connectivity index (χ4v) is 6.24. The van der Waals surface area contributed by atoms with E-state index in [0.29, 0.717) is 16.6 Å². The highest BCUT2D eigenvalue weighted by Gasteiger charge is 2.59. The standard InChI is InChI=1S/C29H36Cl2N4O/c1-28(2,3)18-24-29(19-32,21-9-11-22(30)12-10-21)25(20-7-6-8-23(31)17-20)26(34-24)27(36)33-13-16-35-14-4-5-15-35/h6-12,17,24-26,34H,4-5,13-16,18H2,1-3H3,(H,33,36)/t24-,25?,26+,29?/m0/s1. The molecule has 0 radical (unpaired) electrons. The van der Waals surface area contributed by atoms with E-state index in [1.54, 1.807) is 0 Å². The van der Waals surface area contributed by atoms with Crippen LogP contribution in [0.4, 0.5) is 0 Å². The molecule has 5 nitrogen and oxygen atoms in total. The fraction of sp³-hybridized carbons (Fsp3) is 0.517. The third kappa shape index (κ3) is 5.73. The molecular formula is C29H36Cl2N4O. The minimum absolute atomic E-state index is 0.0633. The number of nitrogens with zero attached hydrogens (tertiary/aromatic N) is 2. The summed E-state index contributed by atoms with van der Waals surface area (Å²) >= 11 is 12.7. The van der Waals surface area contributed by atoms with Crippen LogP contribution in [0.5, 0.6) is 0 Å². The highest BCUT2D eigenvalue weighted by Crippen LogP contribution is 2.51. The third-order valence-electron chi connectivity index (χ3n) is 7.49. The minimum atomic E-state index is -0.987. The van der Waals surface area contributed by atoms with Gasteiger partial charge in [0.1, 0.15) is 5.41 Å². The maximum Gasteiger partial charge on any atom is 0.237 e. The second-order valence-corrected chi connectivity index (χ2v) is 12.2. The van der Waals surface area contributed by atoms with Gasteiger partial charge in [-0.05, 0) is 73.2 Å². The van der Waals surface area contributed by atoms with Crippen molar-refractivity contribution in [2.75, 3.05) is 26.2 Å². The van der Waals surface area contributed by atoms with Gasteiger partial charge in [0.25, 0.3) is 0 Å². The normalized spacial score (nSPS) is 26.6. The Morgan fingerprint density at radius 2 is 1.83 bits per heavy atom. The number of rotatable bonds is 7. The lowest BCUT2D eigenvalue weighted by molar-refractivity contribution is -0.123. The number of amides is 1. The molecule has 192 valence electrons. The van der Waals surface area contributed by atoms with Crippen molar-refractivity contribution >= 4 is 29.1 Å². The molecule has 0 saturated carbocycles. The number of likely N-dealkylation sites (tertiary alicyclic amines) is 1. The van der Waals surface area contributed by atoms with Crippen molar-refractivity contribution in [1.82, 2.24) is 15.5 Å². The van der Waals surface area contributed by atoms with E-state index in [1.807, 2.05) is 48.5 Å². The van der Waals surface area contributed by atoms with Gasteiger partial charge >= 0.3 is 0 Å². The Morgan fingerprint density at radius 3 is 2.44 bits per heavy atom. The van der Waals surface area contributed by atoms with Gasteiger partial charge in [0.15, 0.2) is 0 Å². The molecule has 0 aromatic heterocycles. The molecule has 4 rings (SSSR count). The molecule has 0 aliphatic carbocycles. The van der Waals surface area contributed by atoms with Gasteiger partial charge in [0, 0.05) is 35.1 Å². The highest BCUT2D eigenvalue weighted by atomic mass is 35.5. The van der Waals surface area contributed by atoms with Gasteiger partial charge in [0.05, 0.1) is 12.1 Å². The van der Waals surface area contributed by atoms with Crippen molar-refractivity contribution in [2.24, 2.45) is 5.41 Å². The topological polar surface area (TPSA) is 68.2 Å². The van der Waals surface area contributed by atoms with Crippen molar-refractivity contribution in [2.45, 2.75) is 63.5 Å². The SMILES string of the molecule is CC(C)(C)C[C@@H]1N[C@@H](C(=O)NCCN2CCCC2)C(c2cccc(Cl)c2)C1(C#N)c1ccc(Cl)cc1. The zero-order valence-electron chi connectivity index (χ0n) is 21.4. The molecule has 2 aromatic rings. The molecule has 7 heteroatoms. The van der Waals surface area contributed by atoms with Crippen LogP contribution in [0.25, 0.3) is 0 Å². The maximum atomic E-state index is 13.7. The fourth-order valence-electron chi connectivity index (χ4n) is 5.91. The lowest BCUT2D eigenvalue weighted by Crippen LogP contribution is -2.47. The van der Waals surface area contributed by atoms with Crippen LogP contribution in [0.3, 0.4) is 0 Å². The summed E-state index contributed by atoms with van der Waals surface area (Å²) in [4.78, 5) is 16.1. The molecule has 2 heterocycles. The molecule has 2 unspecified atom stereocenters. The first-order valence-corrected chi connectivity index (χ1v) is 13.6. The van der Waals surface area contributed by atoms with Crippen molar-refractivity contribution in [1.29, 1.82) is 5.26 Å². The molecule has 2 aliphatic heterocycles. The second-order valence-electron chi connectivity index (χ2n) is 11.3. The van der Waals surface area contributed by atoms with E-state index in [9.17, 15) is 10.1 Å². The van der Waals surface area contributed by atoms with Crippen molar-refractivity contribution in [3.05, 3.63) is 69.7 Å². The van der Waals surface area contributed by atoms with E-state index in [0.717, 1.165) is 37.2 Å². The first kappa shape index (κ1) is 26.9. The maximum absolute atomic E-state index is 13.7. The Balaban J connectivity index is 1.76. The van der Waals surface area contributed by atoms with Gasteiger partial charge in [-0.1, -0.05) is 68.2 Å². The molecule has 36 heavy (non-hydrogen) atoms. The molecule has 4 atom stereocenters. The first-order chi connectivity index (χ1) is 17.1. The van der Waals surface area contributed by atoms with Crippen molar-refractivity contribution in [3.8, 4) is 6.07 Å². The number of nitriles is 1. The zero-order chi connectivity index (χ0) is 25.9. The Kier molecular flexibility index (Phi) is 8.32. The molecule has 0 spiro atoms. The number of nitrogens with one attached hydrogen (secondary N) is 2. The number of carbonyl (C=O) groups is 1. The number of benzene rings is 2. The predicted octanol–water partition coefficient (Wildman–Crippen LogP) is 5.53. The highest BCUT2D eigenvalue weighted by molar-refractivity contribution is 6.30. The van der Waals surface area contributed by atoms with Crippen LogP contribution in [0.2, 0.25) is 10.0 Å². The van der Waals surface area contributed by atoms with Crippen LogP contribution in [0.1, 0.15) is 57.1 Å². The summed E-state index contributed by atoms with van der Waals surface area (Å²) in [7, 11) is 0. The lowest BCUT2D eigenvalue weighted by atomic mass is 9.63. The van der Waals surface area contributed by atoms with Gasteiger partial charge in [-0.2, -0.15) is 5.26 Å². The van der Waals surface area contributed by atoms with Crippen LogP contribution in [0, 0.1) is 16.7 Å². The smallest absolute Gasteiger partial charge is 0.237 e. The van der Waals surface area contributed by atoms with E-state index in [2.05, 4.69) is 42.4 Å². The number of hydrogen-bond acceptors (Lipinski definition) is 4. The molecule has 1 amide bonds. The van der Waals surface area contributed by atoms with Crippen molar-refractivity contribution < 1.29 is 4.79 Å². The Morgan fingerprint density at radius 1 is 1.14 bits per heavy atom. The Labute approximate surface area is 225 Å². The summed E-state index contributed by atoms with van der Waals surface area (Å²) in [6.07, 6.45) is 3.16.